The summed E-state index contributed by atoms with van der Waals surface area (Å²) in [6.45, 7) is 8.05. The molecular formula is C16H26Cl2N6O. The first kappa shape index (κ1) is 21.5. The number of nitrogens with zero attached hydrogens (tertiary/aromatic N) is 5. The Morgan fingerprint density at radius 1 is 1.36 bits per heavy atom. The summed E-state index contributed by atoms with van der Waals surface area (Å²) in [5, 5.41) is 7.82. The van der Waals surface area contributed by atoms with Gasteiger partial charge in [-0.05, 0) is 26.8 Å². The standard InChI is InChI=1S/C16H24N6O.2ClH/c1-11-9-12(2)22(19-11)13(3)16(23)21-8-5-17-10-14(21)15-18-6-7-20(15)4;;/h6-7,9,13-14,17H,5,8,10H2,1-4H3;2*1H. The minimum absolute atomic E-state index is 0. The number of carbonyl (C=O) groups excluding carboxylic acids is 1. The van der Waals surface area contributed by atoms with E-state index in [4.69, 9.17) is 0 Å². The number of rotatable bonds is 3. The number of amides is 1. The first-order valence-corrected chi connectivity index (χ1v) is 8.00. The average Bonchev–Trinajstić information content (AvgIpc) is 3.11. The molecule has 2 atom stereocenters. The first-order chi connectivity index (χ1) is 11.0. The number of nitrogens with one attached hydrogen (secondary N) is 1. The van der Waals surface area contributed by atoms with Crippen molar-refractivity contribution in [1.82, 2.24) is 29.5 Å². The van der Waals surface area contributed by atoms with Gasteiger partial charge in [0.1, 0.15) is 17.9 Å². The molecule has 1 fully saturated rings. The van der Waals surface area contributed by atoms with Crippen molar-refractivity contribution in [1.29, 1.82) is 0 Å². The lowest BCUT2D eigenvalue weighted by Crippen LogP contribution is -2.51. The van der Waals surface area contributed by atoms with Gasteiger partial charge in [0, 0.05) is 44.8 Å². The zero-order chi connectivity index (χ0) is 16.6. The second-order valence-corrected chi connectivity index (χ2v) is 6.20. The summed E-state index contributed by atoms with van der Waals surface area (Å²) in [5.74, 6) is 0.997. The molecule has 1 saturated heterocycles. The average molecular weight is 389 g/mol. The lowest BCUT2D eigenvalue weighted by molar-refractivity contribution is -0.138. The Hall–Kier alpha value is -1.57. The van der Waals surface area contributed by atoms with E-state index in [-0.39, 0.29) is 42.8 Å². The van der Waals surface area contributed by atoms with Crippen molar-refractivity contribution in [2.75, 3.05) is 19.6 Å². The van der Waals surface area contributed by atoms with Crippen LogP contribution in [0.1, 0.15) is 36.2 Å². The molecule has 0 saturated carbocycles. The van der Waals surface area contributed by atoms with Gasteiger partial charge >= 0.3 is 0 Å². The van der Waals surface area contributed by atoms with Gasteiger partial charge in [-0.15, -0.1) is 24.8 Å². The maximum atomic E-state index is 13.1. The van der Waals surface area contributed by atoms with Crippen LogP contribution in [0.3, 0.4) is 0 Å². The minimum Gasteiger partial charge on any atom is -0.336 e. The van der Waals surface area contributed by atoms with Gasteiger partial charge in [-0.2, -0.15) is 5.10 Å². The monoisotopic (exact) mass is 388 g/mol. The lowest BCUT2D eigenvalue weighted by Gasteiger charge is -2.37. The Bertz CT molecular complexity index is 713. The van der Waals surface area contributed by atoms with Crippen molar-refractivity contribution < 1.29 is 4.79 Å². The lowest BCUT2D eigenvalue weighted by atomic mass is 10.1. The highest BCUT2D eigenvalue weighted by Gasteiger charge is 2.33. The number of aromatic nitrogens is 4. The zero-order valence-electron chi connectivity index (χ0n) is 15.0. The Labute approximate surface area is 160 Å². The molecule has 1 aliphatic heterocycles. The SMILES string of the molecule is Cc1cc(C)n(C(C)C(=O)N2CCNCC2c2nccn2C)n1.Cl.Cl. The van der Waals surface area contributed by atoms with Crippen LogP contribution in [-0.2, 0) is 11.8 Å². The third-order valence-electron chi connectivity index (χ3n) is 4.45. The summed E-state index contributed by atoms with van der Waals surface area (Å²) in [6.07, 6.45) is 3.69. The molecule has 0 spiro atoms. The highest BCUT2D eigenvalue weighted by molar-refractivity contribution is 5.85. The van der Waals surface area contributed by atoms with Gasteiger partial charge in [-0.3, -0.25) is 9.48 Å². The summed E-state index contributed by atoms with van der Waals surface area (Å²) in [7, 11) is 1.96. The van der Waals surface area contributed by atoms with Crippen LogP contribution >= 0.6 is 24.8 Å². The highest BCUT2D eigenvalue weighted by Crippen LogP contribution is 2.24. The number of hydrogen-bond acceptors (Lipinski definition) is 4. The molecule has 0 aliphatic carbocycles. The fourth-order valence-electron chi connectivity index (χ4n) is 3.28. The molecular weight excluding hydrogens is 363 g/mol. The molecule has 25 heavy (non-hydrogen) atoms. The van der Waals surface area contributed by atoms with Crippen LogP contribution in [0.25, 0.3) is 0 Å². The van der Waals surface area contributed by atoms with Gasteiger partial charge in [-0.25, -0.2) is 4.98 Å². The van der Waals surface area contributed by atoms with Crippen LogP contribution in [0.15, 0.2) is 18.5 Å². The molecule has 2 unspecified atom stereocenters. The van der Waals surface area contributed by atoms with E-state index in [1.807, 2.05) is 54.2 Å². The summed E-state index contributed by atoms with van der Waals surface area (Å²) in [6, 6.07) is 1.64. The fraction of sp³-hybridized carbons (Fsp3) is 0.562. The van der Waals surface area contributed by atoms with E-state index < -0.39 is 0 Å². The third-order valence-corrected chi connectivity index (χ3v) is 4.45. The Morgan fingerprint density at radius 2 is 2.08 bits per heavy atom. The van der Waals surface area contributed by atoms with Gasteiger partial charge in [-0.1, -0.05) is 0 Å². The third kappa shape index (κ3) is 4.16. The summed E-state index contributed by atoms with van der Waals surface area (Å²) >= 11 is 0. The van der Waals surface area contributed by atoms with E-state index >= 15 is 0 Å². The molecule has 0 aromatic carbocycles. The Balaban J connectivity index is 0.00000156. The summed E-state index contributed by atoms with van der Waals surface area (Å²) < 4.78 is 3.79. The van der Waals surface area contributed by atoms with Gasteiger partial charge in [0.15, 0.2) is 0 Å². The van der Waals surface area contributed by atoms with E-state index in [0.717, 1.165) is 30.3 Å². The maximum absolute atomic E-state index is 13.1. The largest absolute Gasteiger partial charge is 0.336 e. The number of hydrogen-bond donors (Lipinski definition) is 1. The van der Waals surface area contributed by atoms with Crippen LogP contribution < -0.4 is 5.32 Å². The normalized spacial score (nSPS) is 18.2. The molecule has 0 radical (unpaired) electrons. The van der Waals surface area contributed by atoms with Crippen molar-refractivity contribution in [2.45, 2.75) is 32.9 Å². The van der Waals surface area contributed by atoms with Crippen molar-refractivity contribution >= 4 is 30.7 Å². The fourth-order valence-corrected chi connectivity index (χ4v) is 3.28. The molecule has 3 rings (SSSR count). The molecule has 1 N–H and O–H groups in total. The van der Waals surface area contributed by atoms with Crippen LogP contribution in [-0.4, -0.2) is 49.8 Å². The quantitative estimate of drug-likeness (QED) is 0.870. The van der Waals surface area contributed by atoms with Gasteiger partial charge < -0.3 is 14.8 Å². The predicted octanol–water partition coefficient (Wildman–Crippen LogP) is 1.81. The second-order valence-electron chi connectivity index (χ2n) is 6.20. The van der Waals surface area contributed by atoms with Gasteiger partial charge in [0.25, 0.3) is 0 Å². The number of imidazole rings is 1. The van der Waals surface area contributed by atoms with E-state index in [1.165, 1.54) is 0 Å². The van der Waals surface area contributed by atoms with E-state index in [9.17, 15) is 4.79 Å². The number of piperazine rings is 1. The topological polar surface area (TPSA) is 68.0 Å². The van der Waals surface area contributed by atoms with E-state index in [1.54, 1.807) is 6.20 Å². The van der Waals surface area contributed by atoms with Crippen LogP contribution in [0.4, 0.5) is 0 Å². The molecule has 7 nitrogen and oxygen atoms in total. The van der Waals surface area contributed by atoms with Crippen molar-refractivity contribution in [3.8, 4) is 0 Å². The zero-order valence-corrected chi connectivity index (χ0v) is 16.6. The Kier molecular flexibility index (Phi) is 7.46. The molecule has 9 heteroatoms. The van der Waals surface area contributed by atoms with E-state index in [2.05, 4.69) is 15.4 Å². The van der Waals surface area contributed by atoms with Crippen LogP contribution in [0.2, 0.25) is 0 Å². The molecule has 2 aromatic rings. The molecule has 1 aliphatic rings. The first-order valence-electron chi connectivity index (χ1n) is 8.00. The van der Waals surface area contributed by atoms with Crippen molar-refractivity contribution in [3.63, 3.8) is 0 Å². The van der Waals surface area contributed by atoms with E-state index in [0.29, 0.717) is 6.54 Å². The molecule has 3 heterocycles. The highest BCUT2D eigenvalue weighted by atomic mass is 35.5. The predicted molar refractivity (Wildman–Crippen MR) is 101 cm³/mol. The van der Waals surface area contributed by atoms with Crippen LogP contribution in [0, 0.1) is 13.8 Å². The van der Waals surface area contributed by atoms with Gasteiger partial charge in [0.2, 0.25) is 5.91 Å². The summed E-state index contributed by atoms with van der Waals surface area (Å²) in [4.78, 5) is 19.4. The smallest absolute Gasteiger partial charge is 0.247 e. The van der Waals surface area contributed by atoms with Crippen LogP contribution in [0.5, 0.6) is 0 Å². The molecule has 0 bridgehead atoms. The van der Waals surface area contributed by atoms with Gasteiger partial charge in [0.05, 0.1) is 5.69 Å². The second kappa shape index (κ2) is 8.69. The maximum Gasteiger partial charge on any atom is 0.247 e. The molecule has 2 aromatic heterocycles. The Morgan fingerprint density at radius 3 is 2.64 bits per heavy atom. The van der Waals surface area contributed by atoms with Crippen molar-refractivity contribution in [3.05, 3.63) is 35.7 Å². The number of carbonyl (C=O) groups is 1. The number of halogens is 2. The molecule has 140 valence electrons. The van der Waals surface area contributed by atoms with Crippen molar-refractivity contribution in [2.24, 2.45) is 7.05 Å². The number of aryl methyl sites for hydroxylation is 3. The minimum atomic E-state index is -0.315. The molecule has 1 amide bonds. The summed E-state index contributed by atoms with van der Waals surface area (Å²) in [5.41, 5.74) is 1.94.